The summed E-state index contributed by atoms with van der Waals surface area (Å²) < 4.78 is 4.47. The Morgan fingerprint density at radius 3 is 2.68 bits per heavy atom. The molecule has 0 saturated carbocycles. The lowest BCUT2D eigenvalue weighted by Crippen LogP contribution is -2.48. The highest BCUT2D eigenvalue weighted by Gasteiger charge is 2.29. The number of aliphatic carboxylic acids is 1. The molecule has 1 unspecified atom stereocenters. The van der Waals surface area contributed by atoms with E-state index in [-0.39, 0.29) is 6.04 Å². The van der Waals surface area contributed by atoms with Gasteiger partial charge in [-0.1, -0.05) is 6.92 Å². The molecule has 0 aromatic rings. The summed E-state index contributed by atoms with van der Waals surface area (Å²) in [6.07, 6.45) is 0.398. The van der Waals surface area contributed by atoms with Crippen molar-refractivity contribution in [1.82, 2.24) is 15.5 Å². The highest BCUT2D eigenvalue weighted by molar-refractivity contribution is 5.82. The number of ether oxygens (including phenoxy) is 1. The molecule has 1 aliphatic rings. The standard InChI is InChI=1S/C11H19N3O5/c1-3-8(9(15)16)13-10(17)14-5-4-7(6-14)12-11(18)19-2/h7-8H,3-6H2,1-2H3,(H,12,18)(H,13,17)(H,15,16)/t7?,8-/m0/s1. The Balaban J connectivity index is 2.43. The lowest BCUT2D eigenvalue weighted by Gasteiger charge is -2.20. The Labute approximate surface area is 111 Å². The van der Waals surface area contributed by atoms with Crippen molar-refractivity contribution in [2.75, 3.05) is 20.2 Å². The van der Waals surface area contributed by atoms with Crippen molar-refractivity contribution in [1.29, 1.82) is 0 Å². The third-order valence-electron chi connectivity index (χ3n) is 2.99. The zero-order valence-electron chi connectivity index (χ0n) is 11.0. The van der Waals surface area contributed by atoms with E-state index >= 15 is 0 Å². The summed E-state index contributed by atoms with van der Waals surface area (Å²) in [6.45, 7) is 2.50. The first-order valence-electron chi connectivity index (χ1n) is 6.10. The van der Waals surface area contributed by atoms with Crippen LogP contribution in [-0.2, 0) is 9.53 Å². The topological polar surface area (TPSA) is 108 Å². The highest BCUT2D eigenvalue weighted by Crippen LogP contribution is 2.10. The van der Waals surface area contributed by atoms with E-state index < -0.39 is 24.1 Å². The third kappa shape index (κ3) is 4.31. The molecule has 3 amide bonds. The molecule has 1 rings (SSSR count). The second kappa shape index (κ2) is 6.81. The minimum Gasteiger partial charge on any atom is -0.480 e. The number of carboxylic acids is 1. The first kappa shape index (κ1) is 15.1. The molecule has 3 N–H and O–H groups in total. The van der Waals surface area contributed by atoms with Gasteiger partial charge in [-0.05, 0) is 12.8 Å². The summed E-state index contributed by atoms with van der Waals surface area (Å²) >= 11 is 0. The number of nitrogens with one attached hydrogen (secondary N) is 2. The van der Waals surface area contributed by atoms with Gasteiger partial charge in [-0.3, -0.25) is 0 Å². The summed E-state index contributed by atoms with van der Waals surface area (Å²) in [6, 6.07) is -1.48. The van der Waals surface area contributed by atoms with Gasteiger partial charge < -0.3 is 25.4 Å². The molecule has 0 bridgehead atoms. The fraction of sp³-hybridized carbons (Fsp3) is 0.727. The van der Waals surface area contributed by atoms with E-state index in [9.17, 15) is 14.4 Å². The Bertz CT molecular complexity index is 360. The molecule has 0 spiro atoms. The zero-order chi connectivity index (χ0) is 14.4. The summed E-state index contributed by atoms with van der Waals surface area (Å²) in [4.78, 5) is 35.2. The van der Waals surface area contributed by atoms with E-state index in [4.69, 9.17) is 5.11 Å². The van der Waals surface area contributed by atoms with Crippen LogP contribution in [-0.4, -0.2) is 60.4 Å². The van der Waals surface area contributed by atoms with Crippen LogP contribution in [0.1, 0.15) is 19.8 Å². The Hall–Kier alpha value is -1.99. The SMILES string of the molecule is CC[C@H](NC(=O)N1CCC(NC(=O)OC)C1)C(=O)O. The molecule has 108 valence electrons. The maximum absolute atomic E-state index is 11.8. The quantitative estimate of drug-likeness (QED) is 0.667. The molecule has 1 aliphatic heterocycles. The van der Waals surface area contributed by atoms with Gasteiger partial charge in [0.2, 0.25) is 0 Å². The average Bonchev–Trinajstić information content (AvgIpc) is 2.83. The van der Waals surface area contributed by atoms with E-state index in [1.54, 1.807) is 6.92 Å². The minimum absolute atomic E-state index is 0.164. The lowest BCUT2D eigenvalue weighted by atomic mass is 10.2. The van der Waals surface area contributed by atoms with Crippen molar-refractivity contribution in [3.63, 3.8) is 0 Å². The first-order valence-corrected chi connectivity index (χ1v) is 6.10. The van der Waals surface area contributed by atoms with E-state index in [0.29, 0.717) is 25.9 Å². The maximum atomic E-state index is 11.8. The van der Waals surface area contributed by atoms with Crippen LogP contribution in [0.15, 0.2) is 0 Å². The molecule has 1 saturated heterocycles. The van der Waals surface area contributed by atoms with Crippen molar-refractivity contribution in [2.45, 2.75) is 31.8 Å². The molecule has 0 aromatic heterocycles. The number of carboxylic acid groups (broad SMARTS) is 1. The van der Waals surface area contributed by atoms with Crippen LogP contribution in [0.2, 0.25) is 0 Å². The molecule has 1 fully saturated rings. The molecule has 2 atom stereocenters. The van der Waals surface area contributed by atoms with Gasteiger partial charge in [0.25, 0.3) is 0 Å². The molecule has 0 radical (unpaired) electrons. The van der Waals surface area contributed by atoms with Crippen molar-refractivity contribution >= 4 is 18.1 Å². The van der Waals surface area contributed by atoms with Crippen LogP contribution >= 0.6 is 0 Å². The van der Waals surface area contributed by atoms with E-state index in [2.05, 4.69) is 15.4 Å². The Morgan fingerprint density at radius 1 is 1.47 bits per heavy atom. The van der Waals surface area contributed by atoms with E-state index in [1.807, 2.05) is 0 Å². The molecule has 0 aromatic carbocycles. The van der Waals surface area contributed by atoms with Gasteiger partial charge in [0.15, 0.2) is 0 Å². The predicted octanol–water partition coefficient (Wildman–Crippen LogP) is -0.0105. The Kier molecular flexibility index (Phi) is 5.40. The monoisotopic (exact) mass is 273 g/mol. The number of hydrogen-bond donors (Lipinski definition) is 3. The van der Waals surface area contributed by atoms with Gasteiger partial charge in [0, 0.05) is 13.1 Å². The van der Waals surface area contributed by atoms with Crippen molar-refractivity contribution < 1.29 is 24.2 Å². The van der Waals surface area contributed by atoms with Crippen LogP contribution < -0.4 is 10.6 Å². The Morgan fingerprint density at radius 2 is 2.16 bits per heavy atom. The van der Waals surface area contributed by atoms with Gasteiger partial charge >= 0.3 is 18.1 Å². The fourth-order valence-electron chi connectivity index (χ4n) is 1.87. The fourth-order valence-corrected chi connectivity index (χ4v) is 1.87. The number of carbonyl (C=O) groups is 3. The smallest absolute Gasteiger partial charge is 0.407 e. The summed E-state index contributed by atoms with van der Waals surface area (Å²) in [5.41, 5.74) is 0. The maximum Gasteiger partial charge on any atom is 0.407 e. The molecule has 0 aliphatic carbocycles. The second-order valence-electron chi connectivity index (χ2n) is 4.32. The number of alkyl carbamates (subject to hydrolysis) is 1. The molecular formula is C11H19N3O5. The van der Waals surface area contributed by atoms with Crippen molar-refractivity contribution in [3.05, 3.63) is 0 Å². The van der Waals surface area contributed by atoms with E-state index in [1.165, 1.54) is 12.0 Å². The van der Waals surface area contributed by atoms with Crippen LogP contribution in [0.4, 0.5) is 9.59 Å². The number of hydrogen-bond acceptors (Lipinski definition) is 4. The number of carbonyl (C=O) groups excluding carboxylic acids is 2. The molecular weight excluding hydrogens is 254 g/mol. The number of urea groups is 1. The van der Waals surface area contributed by atoms with Crippen LogP contribution in [0.3, 0.4) is 0 Å². The van der Waals surface area contributed by atoms with Gasteiger partial charge in [-0.15, -0.1) is 0 Å². The summed E-state index contributed by atoms with van der Waals surface area (Å²) in [5, 5.41) is 13.9. The summed E-state index contributed by atoms with van der Waals surface area (Å²) in [5.74, 6) is -1.06. The zero-order valence-corrected chi connectivity index (χ0v) is 11.0. The van der Waals surface area contributed by atoms with Crippen LogP contribution in [0, 0.1) is 0 Å². The highest BCUT2D eigenvalue weighted by atomic mass is 16.5. The number of nitrogens with zero attached hydrogens (tertiary/aromatic N) is 1. The largest absolute Gasteiger partial charge is 0.480 e. The van der Waals surface area contributed by atoms with Crippen molar-refractivity contribution in [3.8, 4) is 0 Å². The average molecular weight is 273 g/mol. The van der Waals surface area contributed by atoms with Crippen LogP contribution in [0.5, 0.6) is 0 Å². The normalized spacial score (nSPS) is 19.7. The summed E-state index contributed by atoms with van der Waals surface area (Å²) in [7, 11) is 1.27. The van der Waals surface area contributed by atoms with Crippen molar-refractivity contribution in [2.24, 2.45) is 0 Å². The predicted molar refractivity (Wildman–Crippen MR) is 65.8 cm³/mol. The second-order valence-corrected chi connectivity index (χ2v) is 4.32. The number of methoxy groups -OCH3 is 1. The van der Waals surface area contributed by atoms with E-state index in [0.717, 1.165) is 0 Å². The molecule has 1 heterocycles. The van der Waals surface area contributed by atoms with Gasteiger partial charge in [-0.25, -0.2) is 14.4 Å². The first-order chi connectivity index (χ1) is 8.97. The van der Waals surface area contributed by atoms with Gasteiger partial charge in [0.05, 0.1) is 13.2 Å². The number of likely N-dealkylation sites (tertiary alicyclic amines) is 1. The molecule has 8 nitrogen and oxygen atoms in total. The minimum atomic E-state index is -1.06. The lowest BCUT2D eigenvalue weighted by molar-refractivity contribution is -0.139. The van der Waals surface area contributed by atoms with Gasteiger partial charge in [-0.2, -0.15) is 0 Å². The van der Waals surface area contributed by atoms with Crippen LogP contribution in [0.25, 0.3) is 0 Å². The van der Waals surface area contributed by atoms with Gasteiger partial charge in [0.1, 0.15) is 6.04 Å². The molecule has 8 heteroatoms. The number of amides is 3. The number of rotatable bonds is 4. The third-order valence-corrected chi connectivity index (χ3v) is 2.99. The molecule has 19 heavy (non-hydrogen) atoms.